The van der Waals surface area contributed by atoms with Gasteiger partial charge in [-0.2, -0.15) is 0 Å². The monoisotopic (exact) mass is 218 g/mol. The van der Waals surface area contributed by atoms with Crippen LogP contribution in [0.5, 0.6) is 0 Å². The topological polar surface area (TPSA) is 0 Å². The Kier molecular flexibility index (Phi) is 2.51. The standard InChI is InChI=1S/C5H8Cl2Se/c6-5(7)2-1-3-8-4-5/h1-4H2. The Hall–Kier alpha value is 1.10. The fourth-order valence-electron chi connectivity index (χ4n) is 0.727. The summed E-state index contributed by atoms with van der Waals surface area (Å²) >= 11 is 12.4. The Bertz CT molecular complexity index is 74.5. The van der Waals surface area contributed by atoms with E-state index < -0.39 is 0 Å². The van der Waals surface area contributed by atoms with Gasteiger partial charge in [0.1, 0.15) is 0 Å². The summed E-state index contributed by atoms with van der Waals surface area (Å²) in [6.45, 7) is 0. The van der Waals surface area contributed by atoms with Crippen molar-refractivity contribution in [3.8, 4) is 0 Å². The zero-order valence-electron chi connectivity index (χ0n) is 4.49. The molecule has 48 valence electrons. The summed E-state index contributed by atoms with van der Waals surface area (Å²) in [4.78, 5) is 0. The fourth-order valence-corrected chi connectivity index (χ4v) is 3.76. The predicted octanol–water partition coefficient (Wildman–Crippen LogP) is 2.49. The van der Waals surface area contributed by atoms with E-state index in [2.05, 4.69) is 0 Å². The molecule has 0 N–H and O–H groups in total. The molecule has 0 radical (unpaired) electrons. The fraction of sp³-hybridized carbons (Fsp3) is 1.00. The molecule has 0 unspecified atom stereocenters. The minimum atomic E-state index is -0.349. The van der Waals surface area contributed by atoms with Gasteiger partial charge in [-0.15, -0.1) is 0 Å². The predicted molar refractivity (Wildman–Crippen MR) is 39.0 cm³/mol. The molecule has 0 aromatic carbocycles. The molecule has 0 bridgehead atoms. The molecule has 0 saturated carbocycles. The molecule has 0 amide bonds. The van der Waals surface area contributed by atoms with Gasteiger partial charge in [0.15, 0.2) is 0 Å². The van der Waals surface area contributed by atoms with Gasteiger partial charge in [0.25, 0.3) is 0 Å². The van der Waals surface area contributed by atoms with Gasteiger partial charge in [0.2, 0.25) is 0 Å². The number of alkyl halides is 2. The van der Waals surface area contributed by atoms with Crippen LogP contribution in [0.1, 0.15) is 12.8 Å². The van der Waals surface area contributed by atoms with E-state index in [0.717, 1.165) is 26.7 Å². The Labute approximate surface area is 66.1 Å². The third kappa shape index (κ3) is 2.14. The number of halogens is 2. The SMILES string of the molecule is ClC1(Cl)CCC[Se]C1. The minimum absolute atomic E-state index is 0.349. The zero-order valence-corrected chi connectivity index (χ0v) is 7.72. The molecule has 1 aliphatic heterocycles. The van der Waals surface area contributed by atoms with Gasteiger partial charge in [0.05, 0.1) is 0 Å². The summed E-state index contributed by atoms with van der Waals surface area (Å²) in [6.07, 6.45) is 2.23. The van der Waals surface area contributed by atoms with Crippen LogP contribution in [0.3, 0.4) is 0 Å². The molecule has 0 aromatic heterocycles. The second kappa shape index (κ2) is 2.79. The molecule has 0 aliphatic carbocycles. The summed E-state index contributed by atoms with van der Waals surface area (Å²) in [5.74, 6) is 0. The Morgan fingerprint density at radius 2 is 2.12 bits per heavy atom. The summed E-state index contributed by atoms with van der Waals surface area (Å²) in [7, 11) is 0. The van der Waals surface area contributed by atoms with Gasteiger partial charge < -0.3 is 0 Å². The van der Waals surface area contributed by atoms with E-state index in [0.29, 0.717) is 0 Å². The Morgan fingerprint density at radius 3 is 2.38 bits per heavy atom. The summed E-state index contributed by atoms with van der Waals surface area (Å²) < 4.78 is -0.349. The first-order valence-corrected chi connectivity index (χ1v) is 5.84. The maximum absolute atomic E-state index is 5.85. The van der Waals surface area contributed by atoms with Gasteiger partial charge in [0, 0.05) is 0 Å². The first-order chi connectivity index (χ1) is 3.71. The van der Waals surface area contributed by atoms with Crippen molar-refractivity contribution in [2.45, 2.75) is 27.8 Å². The molecule has 1 rings (SSSR count). The van der Waals surface area contributed by atoms with Crippen LogP contribution in [0.4, 0.5) is 0 Å². The first kappa shape index (κ1) is 7.21. The van der Waals surface area contributed by atoms with Crippen molar-refractivity contribution in [2.24, 2.45) is 0 Å². The molecule has 0 spiro atoms. The van der Waals surface area contributed by atoms with Crippen LogP contribution >= 0.6 is 23.2 Å². The van der Waals surface area contributed by atoms with Crippen molar-refractivity contribution in [3.05, 3.63) is 0 Å². The zero-order chi connectivity index (χ0) is 6.04. The Balaban J connectivity index is 2.33. The van der Waals surface area contributed by atoms with E-state index in [4.69, 9.17) is 23.2 Å². The van der Waals surface area contributed by atoms with Crippen molar-refractivity contribution in [1.29, 1.82) is 0 Å². The van der Waals surface area contributed by atoms with E-state index in [9.17, 15) is 0 Å². The summed E-state index contributed by atoms with van der Waals surface area (Å²) in [5.41, 5.74) is 0. The molecule has 1 saturated heterocycles. The molecule has 3 heteroatoms. The van der Waals surface area contributed by atoms with E-state index in [-0.39, 0.29) is 4.33 Å². The molecular formula is C5H8Cl2Se. The maximum atomic E-state index is 5.85. The molecule has 1 heterocycles. The molecule has 0 atom stereocenters. The van der Waals surface area contributed by atoms with Crippen LogP contribution in [0, 0.1) is 0 Å². The number of rotatable bonds is 0. The van der Waals surface area contributed by atoms with Gasteiger partial charge >= 0.3 is 66.0 Å². The van der Waals surface area contributed by atoms with Gasteiger partial charge in [-0.25, -0.2) is 0 Å². The van der Waals surface area contributed by atoms with Gasteiger partial charge in [-0.1, -0.05) is 0 Å². The molecule has 8 heavy (non-hydrogen) atoms. The average molecular weight is 218 g/mol. The van der Waals surface area contributed by atoms with Crippen molar-refractivity contribution in [2.75, 3.05) is 0 Å². The van der Waals surface area contributed by atoms with Crippen molar-refractivity contribution < 1.29 is 0 Å². The van der Waals surface area contributed by atoms with Crippen LogP contribution in [0.2, 0.25) is 10.6 Å². The first-order valence-electron chi connectivity index (χ1n) is 2.66. The van der Waals surface area contributed by atoms with E-state index in [1.807, 2.05) is 0 Å². The third-order valence-electron chi connectivity index (χ3n) is 1.14. The molecule has 1 aliphatic rings. The van der Waals surface area contributed by atoms with Crippen LogP contribution in [-0.4, -0.2) is 19.3 Å². The quantitative estimate of drug-likeness (QED) is 0.432. The van der Waals surface area contributed by atoms with Crippen molar-refractivity contribution in [3.63, 3.8) is 0 Å². The summed E-state index contributed by atoms with van der Waals surface area (Å²) in [5, 5.41) is 2.41. The van der Waals surface area contributed by atoms with Gasteiger partial charge in [-0.05, 0) is 0 Å². The second-order valence-corrected chi connectivity index (χ2v) is 5.97. The van der Waals surface area contributed by atoms with Crippen LogP contribution in [-0.2, 0) is 0 Å². The third-order valence-corrected chi connectivity index (χ3v) is 5.18. The normalized spacial score (nSPS) is 27.8. The van der Waals surface area contributed by atoms with Gasteiger partial charge in [-0.3, -0.25) is 0 Å². The van der Waals surface area contributed by atoms with Crippen LogP contribution < -0.4 is 0 Å². The Morgan fingerprint density at radius 1 is 1.38 bits per heavy atom. The van der Waals surface area contributed by atoms with Crippen LogP contribution in [0.25, 0.3) is 0 Å². The van der Waals surface area contributed by atoms with Crippen molar-refractivity contribution in [1.82, 2.24) is 0 Å². The van der Waals surface area contributed by atoms with E-state index in [1.54, 1.807) is 0 Å². The molecule has 0 nitrogen and oxygen atoms in total. The number of hydrogen-bond acceptors (Lipinski definition) is 0. The second-order valence-electron chi connectivity index (χ2n) is 2.01. The average Bonchev–Trinajstić information content (AvgIpc) is 1.65. The van der Waals surface area contributed by atoms with Crippen LogP contribution in [0.15, 0.2) is 0 Å². The van der Waals surface area contributed by atoms with E-state index >= 15 is 0 Å². The molecular weight excluding hydrogens is 210 g/mol. The molecule has 0 aromatic rings. The number of hydrogen-bond donors (Lipinski definition) is 0. The summed E-state index contributed by atoms with van der Waals surface area (Å²) in [6, 6.07) is 0. The van der Waals surface area contributed by atoms with Crippen molar-refractivity contribution >= 4 is 38.2 Å². The van der Waals surface area contributed by atoms with E-state index in [1.165, 1.54) is 11.7 Å². The molecule has 1 fully saturated rings.